The largest absolute Gasteiger partial charge is 0.483 e. The van der Waals surface area contributed by atoms with Gasteiger partial charge in [0.2, 0.25) is 0 Å². The monoisotopic (exact) mass is 435 g/mol. The summed E-state index contributed by atoms with van der Waals surface area (Å²) in [7, 11) is 0. The number of ether oxygens (including phenoxy) is 1. The molecule has 2 amide bonds. The van der Waals surface area contributed by atoms with Crippen LogP contribution in [0.15, 0.2) is 71.8 Å². The minimum atomic E-state index is -0.339. The number of aryl methyl sites for hydroxylation is 2. The number of carbonyl (C=O) groups excluding carboxylic acids is 2. The van der Waals surface area contributed by atoms with Crippen LogP contribution in [0.5, 0.6) is 5.75 Å². The minimum absolute atomic E-state index is 0.188. The van der Waals surface area contributed by atoms with Crippen LogP contribution in [0.25, 0.3) is 0 Å². The van der Waals surface area contributed by atoms with E-state index in [-0.39, 0.29) is 18.4 Å². The van der Waals surface area contributed by atoms with Crippen molar-refractivity contribution in [2.24, 2.45) is 5.10 Å². The van der Waals surface area contributed by atoms with Crippen molar-refractivity contribution in [3.05, 3.63) is 94.0 Å². The zero-order chi connectivity index (χ0) is 22.2. The van der Waals surface area contributed by atoms with Crippen LogP contribution in [0.3, 0.4) is 0 Å². The number of hydrogen-bond acceptors (Lipinski definition) is 4. The molecular weight excluding hydrogens is 414 g/mol. The average Bonchev–Trinajstić information content (AvgIpc) is 2.75. The molecule has 0 aromatic heterocycles. The summed E-state index contributed by atoms with van der Waals surface area (Å²) < 4.78 is 5.66. The van der Waals surface area contributed by atoms with Crippen LogP contribution in [0.1, 0.15) is 27.0 Å². The standard InChI is InChI=1S/C24H22ClN3O3/c1-16-8-10-21(17(2)12-16)27-23(29)15-31-22-11-9-20(25)13-19(22)14-26-28-24(30)18-6-4-3-5-7-18/h3-14H,15H2,1-2H3,(H,27,29)(H,28,30)/b26-14+. The summed E-state index contributed by atoms with van der Waals surface area (Å²) in [5.74, 6) is -0.214. The number of amides is 2. The first-order valence-electron chi connectivity index (χ1n) is 9.60. The van der Waals surface area contributed by atoms with Gasteiger partial charge < -0.3 is 10.1 Å². The molecule has 6 nitrogen and oxygen atoms in total. The van der Waals surface area contributed by atoms with Crippen LogP contribution in [-0.4, -0.2) is 24.6 Å². The Labute approximate surface area is 185 Å². The second kappa shape index (κ2) is 10.4. The maximum absolute atomic E-state index is 12.3. The van der Waals surface area contributed by atoms with Crippen LogP contribution in [-0.2, 0) is 4.79 Å². The Kier molecular flexibility index (Phi) is 7.40. The highest BCUT2D eigenvalue weighted by Gasteiger charge is 2.09. The molecule has 0 saturated carbocycles. The predicted octanol–water partition coefficient (Wildman–Crippen LogP) is 4.74. The van der Waals surface area contributed by atoms with Gasteiger partial charge in [0.05, 0.1) is 6.21 Å². The van der Waals surface area contributed by atoms with Gasteiger partial charge >= 0.3 is 0 Å². The highest BCUT2D eigenvalue weighted by atomic mass is 35.5. The lowest BCUT2D eigenvalue weighted by molar-refractivity contribution is -0.118. The van der Waals surface area contributed by atoms with Gasteiger partial charge in [-0.15, -0.1) is 0 Å². The molecule has 0 aliphatic carbocycles. The van der Waals surface area contributed by atoms with E-state index in [4.69, 9.17) is 16.3 Å². The van der Waals surface area contributed by atoms with Crippen molar-refractivity contribution in [2.75, 3.05) is 11.9 Å². The summed E-state index contributed by atoms with van der Waals surface area (Å²) in [6.07, 6.45) is 1.42. The second-order valence-electron chi connectivity index (χ2n) is 6.90. The summed E-state index contributed by atoms with van der Waals surface area (Å²) in [5.41, 5.74) is 6.31. The third-order valence-corrected chi connectivity index (χ3v) is 4.63. The first-order valence-corrected chi connectivity index (χ1v) is 9.98. The number of hydrazone groups is 1. The normalized spacial score (nSPS) is 10.7. The van der Waals surface area contributed by atoms with Crippen LogP contribution in [0, 0.1) is 13.8 Å². The highest BCUT2D eigenvalue weighted by Crippen LogP contribution is 2.22. The third-order valence-electron chi connectivity index (χ3n) is 4.39. The van der Waals surface area contributed by atoms with E-state index in [1.165, 1.54) is 6.21 Å². The number of nitrogens with zero attached hydrogens (tertiary/aromatic N) is 1. The summed E-state index contributed by atoms with van der Waals surface area (Å²) in [6, 6.07) is 19.5. The van der Waals surface area contributed by atoms with Gasteiger partial charge in [0, 0.05) is 21.8 Å². The molecule has 3 aromatic carbocycles. The number of benzene rings is 3. The molecule has 158 valence electrons. The Hall–Kier alpha value is -3.64. The van der Waals surface area contributed by atoms with Gasteiger partial charge in [0.15, 0.2) is 6.61 Å². The van der Waals surface area contributed by atoms with Crippen molar-refractivity contribution in [3.63, 3.8) is 0 Å². The van der Waals surface area contributed by atoms with Gasteiger partial charge in [-0.25, -0.2) is 5.43 Å². The molecule has 0 heterocycles. The van der Waals surface area contributed by atoms with Crippen LogP contribution in [0.4, 0.5) is 5.69 Å². The van der Waals surface area contributed by atoms with Crippen molar-refractivity contribution >= 4 is 35.3 Å². The number of rotatable bonds is 7. The first-order chi connectivity index (χ1) is 14.9. The lowest BCUT2D eigenvalue weighted by atomic mass is 10.1. The summed E-state index contributed by atoms with van der Waals surface area (Å²) in [4.78, 5) is 24.4. The Morgan fingerprint density at radius 2 is 1.81 bits per heavy atom. The quantitative estimate of drug-likeness (QED) is 0.415. The molecule has 0 spiro atoms. The van der Waals surface area contributed by atoms with Gasteiger partial charge in [-0.1, -0.05) is 47.5 Å². The van der Waals surface area contributed by atoms with E-state index in [1.54, 1.807) is 42.5 Å². The lowest BCUT2D eigenvalue weighted by Gasteiger charge is -2.11. The van der Waals surface area contributed by atoms with Gasteiger partial charge in [-0.3, -0.25) is 9.59 Å². The van der Waals surface area contributed by atoms with Crippen molar-refractivity contribution in [3.8, 4) is 5.75 Å². The zero-order valence-electron chi connectivity index (χ0n) is 17.2. The van der Waals surface area contributed by atoms with Crippen LogP contribution >= 0.6 is 11.6 Å². The van der Waals surface area contributed by atoms with Crippen LogP contribution < -0.4 is 15.5 Å². The van der Waals surface area contributed by atoms with E-state index in [0.29, 0.717) is 21.9 Å². The molecular formula is C24H22ClN3O3. The topological polar surface area (TPSA) is 79.8 Å². The molecule has 0 radical (unpaired) electrons. The molecule has 0 bridgehead atoms. The van der Waals surface area contributed by atoms with Gasteiger partial charge in [0.1, 0.15) is 5.75 Å². The molecule has 0 aliphatic heterocycles. The third kappa shape index (κ3) is 6.42. The summed E-state index contributed by atoms with van der Waals surface area (Å²) >= 11 is 6.07. The van der Waals surface area contributed by atoms with Crippen molar-refractivity contribution < 1.29 is 14.3 Å². The Bertz CT molecular complexity index is 1110. The molecule has 0 unspecified atom stereocenters. The number of nitrogens with one attached hydrogen (secondary N) is 2. The van der Waals surface area contributed by atoms with Gasteiger partial charge in [0.25, 0.3) is 11.8 Å². The van der Waals surface area contributed by atoms with E-state index >= 15 is 0 Å². The van der Waals surface area contributed by atoms with E-state index in [9.17, 15) is 9.59 Å². The van der Waals surface area contributed by atoms with Crippen LogP contribution in [0.2, 0.25) is 5.02 Å². The fraction of sp³-hybridized carbons (Fsp3) is 0.125. The van der Waals surface area contributed by atoms with Crippen molar-refractivity contribution in [2.45, 2.75) is 13.8 Å². The first kappa shape index (κ1) is 22.1. The molecule has 0 aliphatic rings. The molecule has 2 N–H and O–H groups in total. The van der Waals surface area contributed by atoms with Crippen molar-refractivity contribution in [1.29, 1.82) is 0 Å². The maximum atomic E-state index is 12.3. The highest BCUT2D eigenvalue weighted by molar-refractivity contribution is 6.30. The van der Waals surface area contributed by atoms with E-state index < -0.39 is 0 Å². The molecule has 3 aromatic rings. The average molecular weight is 436 g/mol. The van der Waals surface area contributed by atoms with Crippen molar-refractivity contribution in [1.82, 2.24) is 5.43 Å². The fourth-order valence-corrected chi connectivity index (χ4v) is 3.03. The summed E-state index contributed by atoms with van der Waals surface area (Å²) in [6.45, 7) is 3.74. The molecule has 31 heavy (non-hydrogen) atoms. The summed E-state index contributed by atoms with van der Waals surface area (Å²) in [5, 5.41) is 7.28. The fourth-order valence-electron chi connectivity index (χ4n) is 2.85. The molecule has 0 atom stereocenters. The van der Waals surface area contributed by atoms with E-state index in [0.717, 1.165) is 16.8 Å². The van der Waals surface area contributed by atoms with Gasteiger partial charge in [-0.2, -0.15) is 5.10 Å². The smallest absolute Gasteiger partial charge is 0.271 e. The predicted molar refractivity (Wildman–Crippen MR) is 123 cm³/mol. The minimum Gasteiger partial charge on any atom is -0.483 e. The van der Waals surface area contributed by atoms with E-state index in [1.807, 2.05) is 38.1 Å². The molecule has 0 saturated heterocycles. The molecule has 3 rings (SSSR count). The second-order valence-corrected chi connectivity index (χ2v) is 7.34. The molecule has 0 fully saturated rings. The number of carbonyl (C=O) groups is 2. The number of hydrogen-bond donors (Lipinski definition) is 2. The maximum Gasteiger partial charge on any atom is 0.271 e. The SMILES string of the molecule is Cc1ccc(NC(=O)COc2ccc(Cl)cc2/C=N/NC(=O)c2ccccc2)c(C)c1. The molecule has 7 heteroatoms. The van der Waals surface area contributed by atoms with E-state index in [2.05, 4.69) is 15.8 Å². The van der Waals surface area contributed by atoms with Gasteiger partial charge in [-0.05, 0) is 55.8 Å². The number of halogens is 1. The number of anilines is 1. The Balaban J connectivity index is 1.62. The lowest BCUT2D eigenvalue weighted by Crippen LogP contribution is -2.21. The Morgan fingerprint density at radius 3 is 2.55 bits per heavy atom. The zero-order valence-corrected chi connectivity index (χ0v) is 17.9. The Morgan fingerprint density at radius 1 is 1.03 bits per heavy atom.